The standard InChI is InChI=1S/C29H37.C8H8.C5H5.2ClH.Zr/c1-21-14-13-15-22-20-27(6)25(4)18-10-9-16-23(25,2)24(3)17-11-12-19-26(24,5)29(27,8)28(21,22)7;1-7-3-5-8(2)6-4-7;1-2-4-5-3-1;;;/h9-20,22H,1-8H3;1,3-6H,2H3;1-3H,4H2;2*1H;/q-1;;-1;;;+2/p-2. The Morgan fingerprint density at radius 1 is 0.733 bits per heavy atom. The van der Waals surface area contributed by atoms with E-state index in [0.717, 1.165) is 6.42 Å². The van der Waals surface area contributed by atoms with E-state index in [1.54, 1.807) is 0 Å². The second-order valence-electron chi connectivity index (χ2n) is 14.8. The van der Waals surface area contributed by atoms with Crippen molar-refractivity contribution in [1.82, 2.24) is 0 Å². The molecule has 1 aromatic carbocycles. The van der Waals surface area contributed by atoms with Crippen molar-refractivity contribution >= 4 is 3.71 Å². The minimum absolute atomic E-state index is 0. The Balaban J connectivity index is 0.000000286. The fourth-order valence-corrected chi connectivity index (χ4v) is 10.7. The molecule has 0 saturated heterocycles. The van der Waals surface area contributed by atoms with Gasteiger partial charge in [0.25, 0.3) is 0 Å². The Morgan fingerprint density at radius 3 is 1.76 bits per heavy atom. The van der Waals surface area contributed by atoms with E-state index in [0.29, 0.717) is 5.92 Å². The van der Waals surface area contributed by atoms with Gasteiger partial charge in [0.2, 0.25) is 0 Å². The maximum absolute atomic E-state index is 2.99. The minimum atomic E-state index is 0. The van der Waals surface area contributed by atoms with E-state index in [2.05, 4.69) is 176 Å². The molecular weight excluding hydrogens is 667 g/mol. The molecule has 0 amide bonds. The van der Waals surface area contributed by atoms with Crippen LogP contribution in [0.1, 0.15) is 72.9 Å². The largest absolute Gasteiger partial charge is 1.00 e. The molecule has 238 valence electrons. The van der Waals surface area contributed by atoms with Crippen molar-refractivity contribution in [2.45, 2.75) is 68.7 Å². The quantitative estimate of drug-likeness (QED) is 0.372. The molecule has 2 saturated carbocycles. The number of allylic oxidation sites excluding steroid dienone is 16. The van der Waals surface area contributed by atoms with Crippen LogP contribution in [0.5, 0.6) is 0 Å². The molecule has 0 aromatic heterocycles. The van der Waals surface area contributed by atoms with Crippen LogP contribution in [0.4, 0.5) is 0 Å². The summed E-state index contributed by atoms with van der Waals surface area (Å²) < 4.78 is 2.19. The molecule has 0 spiro atoms. The topological polar surface area (TPSA) is 0 Å². The monoisotopic (exact) mass is 714 g/mol. The van der Waals surface area contributed by atoms with Crippen LogP contribution >= 0.6 is 0 Å². The molecule has 6 aliphatic carbocycles. The second-order valence-corrected chi connectivity index (χ2v) is 15.5. The summed E-state index contributed by atoms with van der Waals surface area (Å²) in [6.07, 6.45) is 39.3. The smallest absolute Gasteiger partial charge is 0.109 e. The van der Waals surface area contributed by atoms with E-state index < -0.39 is 0 Å². The molecule has 0 heterocycles. The second kappa shape index (κ2) is 13.2. The Morgan fingerprint density at radius 2 is 1.27 bits per heavy atom. The molecule has 3 heteroatoms. The van der Waals surface area contributed by atoms with E-state index >= 15 is 0 Å². The Hall–Kier alpha value is -1.53. The number of hydrogen-bond donors (Lipinski definition) is 0. The fourth-order valence-electron chi connectivity index (χ4n) is 10.2. The van der Waals surface area contributed by atoms with Gasteiger partial charge >= 0.3 is 70.3 Å². The van der Waals surface area contributed by atoms with Gasteiger partial charge in [-0.3, -0.25) is 6.08 Å². The van der Waals surface area contributed by atoms with Gasteiger partial charge in [0.15, 0.2) is 0 Å². The predicted molar refractivity (Wildman–Crippen MR) is 182 cm³/mol. The summed E-state index contributed by atoms with van der Waals surface area (Å²) in [5.41, 5.74) is 4.40. The van der Waals surface area contributed by atoms with E-state index in [1.165, 1.54) is 40.9 Å². The van der Waals surface area contributed by atoms with Crippen LogP contribution in [0.3, 0.4) is 0 Å². The Labute approximate surface area is 301 Å². The van der Waals surface area contributed by atoms with Crippen molar-refractivity contribution in [1.29, 1.82) is 0 Å². The minimum Gasteiger partial charge on any atom is -1.00 e. The molecule has 1 aromatic rings. The summed E-state index contributed by atoms with van der Waals surface area (Å²) >= 11 is 1.47. The third-order valence-corrected chi connectivity index (χ3v) is 14.7. The molecule has 0 nitrogen and oxygen atoms in total. The molecule has 6 aliphatic rings. The molecule has 8 unspecified atom stereocenters. The number of benzene rings is 1. The van der Waals surface area contributed by atoms with E-state index in [1.807, 2.05) is 12.2 Å². The van der Waals surface area contributed by atoms with Crippen molar-refractivity contribution in [2.24, 2.45) is 43.8 Å². The number of fused-ring (bicyclic) bond motifs is 8. The Kier molecular flexibility index (Phi) is 11.1. The molecular formula is C42H50Cl2Zr-2. The van der Waals surface area contributed by atoms with Crippen LogP contribution < -0.4 is 24.8 Å². The first-order valence-electron chi connectivity index (χ1n) is 16.0. The summed E-state index contributed by atoms with van der Waals surface area (Å²) in [5, 5.41) is 0. The molecule has 2 fully saturated rings. The predicted octanol–water partition coefficient (Wildman–Crippen LogP) is 4.65. The van der Waals surface area contributed by atoms with Crippen LogP contribution in [-0.4, -0.2) is 3.71 Å². The summed E-state index contributed by atoms with van der Waals surface area (Å²) in [7, 11) is 0. The molecule has 45 heavy (non-hydrogen) atoms. The fraction of sp³-hybridized carbons (Fsp3) is 0.429. The van der Waals surface area contributed by atoms with Crippen LogP contribution in [-0.2, 0) is 24.2 Å². The number of hydrogen-bond acceptors (Lipinski definition) is 0. The molecule has 8 atom stereocenters. The van der Waals surface area contributed by atoms with Crippen molar-refractivity contribution in [2.75, 3.05) is 0 Å². The number of aryl methyl sites for hydroxylation is 1. The van der Waals surface area contributed by atoms with Gasteiger partial charge in [-0.15, -0.1) is 23.8 Å². The van der Waals surface area contributed by atoms with Gasteiger partial charge in [-0.2, -0.15) is 6.08 Å². The first kappa shape index (κ1) is 37.9. The van der Waals surface area contributed by atoms with Gasteiger partial charge in [-0.25, -0.2) is 12.2 Å². The molecule has 7 rings (SSSR count). The van der Waals surface area contributed by atoms with Gasteiger partial charge in [0, 0.05) is 10.8 Å². The third kappa shape index (κ3) is 4.87. The maximum atomic E-state index is 2.99. The van der Waals surface area contributed by atoms with Crippen molar-refractivity contribution in [3.63, 3.8) is 0 Å². The van der Waals surface area contributed by atoms with Crippen molar-refractivity contribution in [3.8, 4) is 0 Å². The average Bonchev–Trinajstić information content (AvgIpc) is 3.64. The number of rotatable bonds is 1. The number of halogens is 2. The first-order chi connectivity index (χ1) is 20.2. The van der Waals surface area contributed by atoms with Crippen LogP contribution in [0.15, 0.2) is 115 Å². The molecule has 0 N–H and O–H groups in total. The molecule has 0 aliphatic heterocycles. The first-order valence-corrected chi connectivity index (χ1v) is 17.4. The van der Waals surface area contributed by atoms with E-state index in [4.69, 9.17) is 0 Å². The van der Waals surface area contributed by atoms with Crippen LogP contribution in [0.25, 0.3) is 0 Å². The SMILES string of the molecule is CC1=CC=CC2[CH-]C3(C)C4(C)C=CC=CC4(C)C4(C)C=CC=CC4(C)C3(C)C12C.Cc1ccc([CH]=[Zr+2])cc1.[C-]1=CC=CC1.[Cl-].[Cl-]. The van der Waals surface area contributed by atoms with Gasteiger partial charge in [0.05, 0.1) is 0 Å². The average molecular weight is 717 g/mol. The normalized spacial score (nSPS) is 41.8. The van der Waals surface area contributed by atoms with Crippen LogP contribution in [0.2, 0.25) is 0 Å². The van der Waals surface area contributed by atoms with Crippen molar-refractivity contribution in [3.05, 3.63) is 139 Å². The van der Waals surface area contributed by atoms with Gasteiger partial charge < -0.3 is 31.2 Å². The van der Waals surface area contributed by atoms with E-state index in [-0.39, 0.29) is 62.7 Å². The zero-order valence-electron chi connectivity index (χ0n) is 28.6. The van der Waals surface area contributed by atoms with Crippen LogP contribution in [0, 0.1) is 63.2 Å². The summed E-state index contributed by atoms with van der Waals surface area (Å²) in [5.74, 6) is 0.460. The summed E-state index contributed by atoms with van der Waals surface area (Å²) in [6, 6.07) is 8.56. The zero-order chi connectivity index (χ0) is 31.4. The third-order valence-electron chi connectivity index (χ3n) is 13.9. The zero-order valence-corrected chi connectivity index (χ0v) is 32.6. The molecule has 0 bridgehead atoms. The van der Waals surface area contributed by atoms with Gasteiger partial charge in [-0.1, -0.05) is 115 Å². The Bertz CT molecular complexity index is 1510. The maximum Gasteiger partial charge on any atom is -0.109 e. The van der Waals surface area contributed by atoms with Gasteiger partial charge in [0.1, 0.15) is 0 Å². The van der Waals surface area contributed by atoms with Gasteiger partial charge in [-0.05, 0) is 28.6 Å². The molecule has 0 radical (unpaired) electrons. The van der Waals surface area contributed by atoms with E-state index in [9.17, 15) is 0 Å². The van der Waals surface area contributed by atoms with Crippen molar-refractivity contribution < 1.29 is 49.0 Å². The summed E-state index contributed by atoms with van der Waals surface area (Å²) in [6.45, 7) is 22.4. The summed E-state index contributed by atoms with van der Waals surface area (Å²) in [4.78, 5) is 0.